The average molecular weight is 483 g/mol. The molecule has 3 heterocycles. The number of rotatable bonds is 5. The molecule has 1 amide bonds. The average Bonchev–Trinajstić information content (AvgIpc) is 3.52. The predicted octanol–water partition coefficient (Wildman–Crippen LogP) is 2.51. The maximum absolute atomic E-state index is 13.5. The van der Waals surface area contributed by atoms with Crippen LogP contribution in [0, 0.1) is 0 Å². The van der Waals surface area contributed by atoms with E-state index in [1.165, 1.54) is 4.31 Å². The molecule has 2 aromatic carbocycles. The van der Waals surface area contributed by atoms with Gasteiger partial charge in [0, 0.05) is 44.5 Å². The number of hydrogen-bond acceptors (Lipinski definition) is 6. The van der Waals surface area contributed by atoms with Crippen LogP contribution in [-0.4, -0.2) is 77.3 Å². The lowest BCUT2D eigenvalue weighted by Crippen LogP contribution is -2.54. The summed E-state index contributed by atoms with van der Waals surface area (Å²) in [5, 5.41) is 8.29. The lowest BCUT2D eigenvalue weighted by molar-refractivity contribution is -0.134. The molecule has 0 radical (unpaired) electrons. The van der Waals surface area contributed by atoms with Crippen molar-refractivity contribution in [3.8, 4) is 0 Å². The second kappa shape index (κ2) is 8.99. The topological polar surface area (TPSA) is 91.6 Å². The lowest BCUT2D eigenvalue weighted by Gasteiger charge is -2.38. The van der Waals surface area contributed by atoms with Gasteiger partial charge in [-0.3, -0.25) is 4.79 Å². The summed E-state index contributed by atoms with van der Waals surface area (Å²) in [4.78, 5) is 17.6. The summed E-state index contributed by atoms with van der Waals surface area (Å²) in [6, 6.07) is 14.5. The van der Waals surface area contributed by atoms with E-state index in [0.717, 1.165) is 24.3 Å². The summed E-state index contributed by atoms with van der Waals surface area (Å²) < 4.78 is 30.2. The van der Waals surface area contributed by atoms with Gasteiger partial charge in [0.05, 0.1) is 10.4 Å². The quantitative estimate of drug-likeness (QED) is 0.555. The number of anilines is 1. The van der Waals surface area contributed by atoms with Gasteiger partial charge in [0.2, 0.25) is 15.9 Å². The highest BCUT2D eigenvalue weighted by Crippen LogP contribution is 2.29. The Morgan fingerprint density at radius 3 is 2.44 bits per heavy atom. The smallest absolute Gasteiger partial charge is 0.243 e. The highest BCUT2D eigenvalue weighted by Gasteiger charge is 2.41. The third kappa shape index (κ3) is 4.05. The molecule has 0 spiro atoms. The first-order valence-corrected chi connectivity index (χ1v) is 13.3. The van der Waals surface area contributed by atoms with Crippen LogP contribution in [0.5, 0.6) is 0 Å². The first kappa shape index (κ1) is 22.8. The van der Waals surface area contributed by atoms with E-state index in [4.69, 9.17) is 0 Å². The van der Waals surface area contributed by atoms with Crippen molar-refractivity contribution < 1.29 is 13.2 Å². The molecule has 2 saturated heterocycles. The van der Waals surface area contributed by atoms with Crippen LogP contribution in [0.15, 0.2) is 53.4 Å². The molecule has 0 N–H and O–H groups in total. The Balaban J connectivity index is 1.32. The van der Waals surface area contributed by atoms with Gasteiger partial charge in [-0.1, -0.05) is 23.4 Å². The van der Waals surface area contributed by atoms with E-state index in [-0.39, 0.29) is 16.8 Å². The SMILES string of the molecule is CC(C)n1nnc2cc(S(=O)(=O)N3CCCC3C(=O)N3CCN(c4ccccc4)CC3)ccc21. The molecule has 9 nitrogen and oxygen atoms in total. The third-order valence-corrected chi connectivity index (χ3v) is 8.64. The summed E-state index contributed by atoms with van der Waals surface area (Å²) in [5.41, 5.74) is 2.47. The predicted molar refractivity (Wildman–Crippen MR) is 130 cm³/mol. The molecule has 34 heavy (non-hydrogen) atoms. The van der Waals surface area contributed by atoms with Crippen LogP contribution in [0.3, 0.4) is 0 Å². The molecule has 1 atom stereocenters. The number of para-hydroxylation sites is 1. The molecule has 2 aliphatic rings. The van der Waals surface area contributed by atoms with Gasteiger partial charge < -0.3 is 9.80 Å². The van der Waals surface area contributed by atoms with Crippen LogP contribution in [0.1, 0.15) is 32.7 Å². The van der Waals surface area contributed by atoms with Gasteiger partial charge in [0.15, 0.2) is 0 Å². The van der Waals surface area contributed by atoms with E-state index in [9.17, 15) is 13.2 Å². The highest BCUT2D eigenvalue weighted by molar-refractivity contribution is 7.89. The molecule has 1 aromatic heterocycles. The zero-order valence-corrected chi connectivity index (χ0v) is 20.4. The summed E-state index contributed by atoms with van der Waals surface area (Å²) in [6.07, 6.45) is 1.22. The Bertz CT molecular complexity index is 1280. The number of hydrogen-bond donors (Lipinski definition) is 0. The van der Waals surface area contributed by atoms with Crippen LogP contribution in [0.25, 0.3) is 11.0 Å². The Kier molecular flexibility index (Phi) is 6.03. The fourth-order valence-corrected chi connectivity index (χ4v) is 6.58. The van der Waals surface area contributed by atoms with Gasteiger partial charge in [-0.2, -0.15) is 4.31 Å². The number of amides is 1. The van der Waals surface area contributed by atoms with Crippen molar-refractivity contribution in [2.45, 2.75) is 43.7 Å². The number of carbonyl (C=O) groups is 1. The molecule has 2 aliphatic heterocycles. The van der Waals surface area contributed by atoms with Crippen molar-refractivity contribution in [1.29, 1.82) is 0 Å². The zero-order valence-electron chi connectivity index (χ0n) is 19.5. The lowest BCUT2D eigenvalue weighted by atomic mass is 10.1. The van der Waals surface area contributed by atoms with Crippen molar-refractivity contribution in [3.05, 3.63) is 48.5 Å². The first-order chi connectivity index (χ1) is 16.4. The largest absolute Gasteiger partial charge is 0.368 e. The van der Waals surface area contributed by atoms with Crippen molar-refractivity contribution in [2.24, 2.45) is 0 Å². The standard InChI is InChI=1S/C24H30N6O3S/c1-18(2)30-22-11-10-20(17-21(22)25-26-30)34(32,33)29-12-6-9-23(29)24(31)28-15-13-27(14-16-28)19-7-4-3-5-8-19/h3-5,7-8,10-11,17-18,23H,6,9,12-16H2,1-2H3. The van der Waals surface area contributed by atoms with Crippen LogP contribution < -0.4 is 4.90 Å². The number of fused-ring (bicyclic) bond motifs is 1. The first-order valence-electron chi connectivity index (χ1n) is 11.8. The van der Waals surface area contributed by atoms with E-state index in [0.29, 0.717) is 38.0 Å². The van der Waals surface area contributed by atoms with Crippen LogP contribution in [-0.2, 0) is 14.8 Å². The van der Waals surface area contributed by atoms with Crippen LogP contribution >= 0.6 is 0 Å². The number of aromatic nitrogens is 3. The second-order valence-electron chi connectivity index (χ2n) is 9.20. The Morgan fingerprint density at radius 1 is 1.00 bits per heavy atom. The minimum absolute atomic E-state index is 0.0967. The molecule has 0 saturated carbocycles. The Morgan fingerprint density at radius 2 is 1.74 bits per heavy atom. The Hall–Kier alpha value is -2.98. The molecule has 3 aromatic rings. The van der Waals surface area contributed by atoms with Crippen molar-refractivity contribution >= 4 is 32.7 Å². The maximum Gasteiger partial charge on any atom is 0.243 e. The molecule has 5 rings (SSSR count). The zero-order chi connectivity index (χ0) is 23.9. The van der Waals surface area contributed by atoms with E-state index in [2.05, 4.69) is 27.3 Å². The number of piperazine rings is 1. The van der Waals surface area contributed by atoms with Gasteiger partial charge in [-0.05, 0) is 57.0 Å². The van der Waals surface area contributed by atoms with Gasteiger partial charge >= 0.3 is 0 Å². The van der Waals surface area contributed by atoms with E-state index >= 15 is 0 Å². The minimum atomic E-state index is -3.83. The van der Waals surface area contributed by atoms with E-state index < -0.39 is 16.1 Å². The van der Waals surface area contributed by atoms with Crippen LogP contribution in [0.4, 0.5) is 5.69 Å². The van der Waals surface area contributed by atoms with Crippen LogP contribution in [0.2, 0.25) is 0 Å². The molecule has 0 bridgehead atoms. The summed E-state index contributed by atoms with van der Waals surface area (Å²) >= 11 is 0. The maximum atomic E-state index is 13.5. The normalized spacial score (nSPS) is 19.9. The van der Waals surface area contributed by atoms with Crippen molar-refractivity contribution in [2.75, 3.05) is 37.6 Å². The molecule has 10 heteroatoms. The number of carbonyl (C=O) groups excluding carboxylic acids is 1. The highest BCUT2D eigenvalue weighted by atomic mass is 32.2. The summed E-state index contributed by atoms with van der Waals surface area (Å²) in [5.74, 6) is -0.0967. The minimum Gasteiger partial charge on any atom is -0.368 e. The van der Waals surface area contributed by atoms with Gasteiger partial charge in [-0.25, -0.2) is 13.1 Å². The van der Waals surface area contributed by atoms with Crippen molar-refractivity contribution in [3.63, 3.8) is 0 Å². The molecule has 1 unspecified atom stereocenters. The van der Waals surface area contributed by atoms with E-state index in [1.807, 2.05) is 36.9 Å². The number of nitrogens with zero attached hydrogens (tertiary/aromatic N) is 6. The molecule has 0 aliphatic carbocycles. The van der Waals surface area contributed by atoms with E-state index in [1.54, 1.807) is 22.9 Å². The molecular weight excluding hydrogens is 452 g/mol. The third-order valence-electron chi connectivity index (χ3n) is 6.74. The number of sulfonamides is 1. The summed E-state index contributed by atoms with van der Waals surface area (Å²) in [6.45, 7) is 6.98. The fourth-order valence-electron chi connectivity index (χ4n) is 4.91. The van der Waals surface area contributed by atoms with Crippen molar-refractivity contribution in [1.82, 2.24) is 24.2 Å². The monoisotopic (exact) mass is 482 g/mol. The molecular formula is C24H30N6O3S. The van der Waals surface area contributed by atoms with Gasteiger partial charge in [0.1, 0.15) is 11.6 Å². The summed E-state index contributed by atoms with van der Waals surface area (Å²) in [7, 11) is -3.83. The molecule has 180 valence electrons. The molecule has 2 fully saturated rings. The number of benzene rings is 2. The fraction of sp³-hybridized carbons (Fsp3) is 0.458. The Labute approximate surface area is 200 Å². The van der Waals surface area contributed by atoms with Gasteiger partial charge in [-0.15, -0.1) is 5.10 Å². The second-order valence-corrected chi connectivity index (χ2v) is 11.1. The van der Waals surface area contributed by atoms with Gasteiger partial charge in [0.25, 0.3) is 0 Å².